The van der Waals surface area contributed by atoms with Crippen LogP contribution < -0.4 is 16.4 Å². The van der Waals surface area contributed by atoms with Crippen molar-refractivity contribution in [2.24, 2.45) is 0 Å². The highest BCUT2D eigenvalue weighted by atomic mass is 16.2. The number of hydrogen-bond acceptors (Lipinski definition) is 3. The number of aromatic nitrogens is 2. The Hall–Kier alpha value is -2.37. The molecule has 20 heavy (non-hydrogen) atoms. The lowest BCUT2D eigenvalue weighted by Gasteiger charge is -2.12. The molecular formula is C14H17N3O3. The summed E-state index contributed by atoms with van der Waals surface area (Å²) in [5, 5.41) is 5.82. The second-order valence-corrected chi connectivity index (χ2v) is 4.75. The molecule has 2 aromatic rings. The van der Waals surface area contributed by atoms with E-state index in [2.05, 4.69) is 10.4 Å². The normalized spacial score (nSPS) is 12.3. The first kappa shape index (κ1) is 14.0. The van der Waals surface area contributed by atoms with Crippen LogP contribution in [0.2, 0.25) is 0 Å². The molecule has 6 heteroatoms. The molecule has 0 spiro atoms. The number of hydrogen-bond donors (Lipinski definition) is 2. The van der Waals surface area contributed by atoms with Gasteiger partial charge in [0.1, 0.15) is 6.54 Å². The number of carbonyl (C=O) groups excluding carboxylic acids is 1. The summed E-state index contributed by atoms with van der Waals surface area (Å²) in [6.07, 6.45) is 0.800. The van der Waals surface area contributed by atoms with Crippen LogP contribution in [-0.2, 0) is 11.3 Å². The number of benzene rings is 1. The Labute approximate surface area is 115 Å². The molecule has 106 valence electrons. The van der Waals surface area contributed by atoms with Crippen molar-refractivity contribution in [1.82, 2.24) is 15.1 Å². The van der Waals surface area contributed by atoms with Gasteiger partial charge >= 0.3 is 0 Å². The second-order valence-electron chi connectivity index (χ2n) is 4.75. The van der Waals surface area contributed by atoms with Gasteiger partial charge in [-0.3, -0.25) is 19.5 Å². The van der Waals surface area contributed by atoms with Gasteiger partial charge in [0.2, 0.25) is 5.91 Å². The van der Waals surface area contributed by atoms with E-state index in [9.17, 15) is 14.4 Å². The molecule has 1 aromatic carbocycles. The maximum absolute atomic E-state index is 12.2. The van der Waals surface area contributed by atoms with E-state index >= 15 is 0 Å². The first-order valence-corrected chi connectivity index (χ1v) is 6.54. The monoisotopic (exact) mass is 275 g/mol. The maximum atomic E-state index is 12.2. The Kier molecular flexibility index (Phi) is 4.02. The minimum absolute atomic E-state index is 0.0328. The second kappa shape index (κ2) is 5.73. The molecule has 0 aliphatic heterocycles. The summed E-state index contributed by atoms with van der Waals surface area (Å²) >= 11 is 0. The first-order valence-electron chi connectivity index (χ1n) is 6.54. The number of nitrogens with zero attached hydrogens (tertiary/aromatic N) is 1. The summed E-state index contributed by atoms with van der Waals surface area (Å²) in [6, 6.07) is 6.57. The van der Waals surface area contributed by atoms with Gasteiger partial charge in [0, 0.05) is 6.04 Å². The van der Waals surface area contributed by atoms with Crippen LogP contribution in [0.4, 0.5) is 0 Å². The summed E-state index contributed by atoms with van der Waals surface area (Å²) in [6.45, 7) is 3.64. The highest BCUT2D eigenvalue weighted by molar-refractivity contribution is 5.81. The predicted octanol–water partition coefficient (Wildman–Crippen LogP) is 0.604. The fourth-order valence-corrected chi connectivity index (χ4v) is 1.92. The van der Waals surface area contributed by atoms with Crippen LogP contribution in [-0.4, -0.2) is 21.7 Å². The number of H-pyrrole nitrogens is 1. The molecule has 0 aliphatic carbocycles. The standard InChI is InChI=1S/C14H17N3O3/c1-3-9(2)15-12(18)8-17-14(20)11-7-5-4-6-10(11)13(19)16-17/h4-7,9H,3,8H2,1-2H3,(H,15,18)(H,16,19). The first-order chi connectivity index (χ1) is 9.52. The summed E-state index contributed by atoms with van der Waals surface area (Å²) in [5.74, 6) is -0.299. The van der Waals surface area contributed by atoms with Crippen molar-refractivity contribution >= 4 is 16.7 Å². The van der Waals surface area contributed by atoms with Crippen molar-refractivity contribution in [3.05, 3.63) is 45.0 Å². The molecule has 1 atom stereocenters. The highest BCUT2D eigenvalue weighted by Gasteiger charge is 2.11. The lowest BCUT2D eigenvalue weighted by Crippen LogP contribution is -2.39. The summed E-state index contributed by atoms with van der Waals surface area (Å²) in [7, 11) is 0. The van der Waals surface area contributed by atoms with E-state index < -0.39 is 0 Å². The largest absolute Gasteiger partial charge is 0.352 e. The van der Waals surface area contributed by atoms with Crippen LogP contribution in [0, 0.1) is 0 Å². The zero-order valence-corrected chi connectivity index (χ0v) is 11.5. The molecule has 1 unspecified atom stereocenters. The van der Waals surface area contributed by atoms with Crippen LogP contribution in [0.5, 0.6) is 0 Å². The lowest BCUT2D eigenvalue weighted by atomic mass is 10.2. The van der Waals surface area contributed by atoms with Crippen molar-refractivity contribution in [2.75, 3.05) is 0 Å². The average Bonchev–Trinajstić information content (AvgIpc) is 2.44. The molecule has 2 N–H and O–H groups in total. The van der Waals surface area contributed by atoms with Gasteiger partial charge in [-0.25, -0.2) is 4.68 Å². The molecule has 1 heterocycles. The minimum atomic E-state index is -0.378. The number of amides is 1. The molecule has 1 amide bonds. The topological polar surface area (TPSA) is 84.0 Å². The molecular weight excluding hydrogens is 258 g/mol. The lowest BCUT2D eigenvalue weighted by molar-refractivity contribution is -0.122. The number of carbonyl (C=O) groups is 1. The van der Waals surface area contributed by atoms with E-state index in [1.165, 1.54) is 0 Å². The molecule has 0 aliphatic rings. The Morgan fingerprint density at radius 1 is 1.30 bits per heavy atom. The third-order valence-corrected chi connectivity index (χ3v) is 3.21. The van der Waals surface area contributed by atoms with Crippen LogP contribution >= 0.6 is 0 Å². The van der Waals surface area contributed by atoms with Gasteiger partial charge in [-0.2, -0.15) is 0 Å². The predicted molar refractivity (Wildman–Crippen MR) is 76.7 cm³/mol. The van der Waals surface area contributed by atoms with E-state index in [1.807, 2.05) is 13.8 Å². The van der Waals surface area contributed by atoms with Gasteiger partial charge in [-0.05, 0) is 25.5 Å². The molecule has 0 saturated heterocycles. The molecule has 0 fully saturated rings. The van der Waals surface area contributed by atoms with Crippen molar-refractivity contribution in [3.63, 3.8) is 0 Å². The summed E-state index contributed by atoms with van der Waals surface area (Å²) in [5.41, 5.74) is -0.754. The van der Waals surface area contributed by atoms with E-state index in [0.29, 0.717) is 10.8 Å². The van der Waals surface area contributed by atoms with Gasteiger partial charge in [0.15, 0.2) is 0 Å². The van der Waals surface area contributed by atoms with E-state index in [0.717, 1.165) is 11.1 Å². The third kappa shape index (κ3) is 2.79. The van der Waals surface area contributed by atoms with E-state index in [1.54, 1.807) is 24.3 Å². The fourth-order valence-electron chi connectivity index (χ4n) is 1.92. The Balaban J connectivity index is 2.37. The van der Waals surface area contributed by atoms with Crippen molar-refractivity contribution in [2.45, 2.75) is 32.9 Å². The Morgan fingerprint density at radius 2 is 1.95 bits per heavy atom. The zero-order valence-electron chi connectivity index (χ0n) is 11.5. The van der Waals surface area contributed by atoms with Crippen molar-refractivity contribution in [3.8, 4) is 0 Å². The molecule has 6 nitrogen and oxygen atoms in total. The van der Waals surface area contributed by atoms with Crippen LogP contribution in [0.15, 0.2) is 33.9 Å². The summed E-state index contributed by atoms with van der Waals surface area (Å²) in [4.78, 5) is 35.8. The average molecular weight is 275 g/mol. The molecule has 2 rings (SSSR count). The SMILES string of the molecule is CCC(C)NC(=O)Cn1[nH]c(=O)c2ccccc2c1=O. The number of fused-ring (bicyclic) bond motifs is 1. The van der Waals surface area contributed by atoms with Crippen LogP contribution in [0.3, 0.4) is 0 Å². The maximum Gasteiger partial charge on any atom is 0.273 e. The minimum Gasteiger partial charge on any atom is -0.352 e. The van der Waals surface area contributed by atoms with Gasteiger partial charge in [0.05, 0.1) is 10.8 Å². The van der Waals surface area contributed by atoms with Crippen molar-refractivity contribution < 1.29 is 4.79 Å². The Bertz CT molecular complexity index is 745. The third-order valence-electron chi connectivity index (χ3n) is 3.21. The number of rotatable bonds is 4. The molecule has 1 aromatic heterocycles. The molecule has 0 radical (unpaired) electrons. The van der Waals surface area contributed by atoms with Crippen LogP contribution in [0.25, 0.3) is 10.8 Å². The fraction of sp³-hybridized carbons (Fsp3) is 0.357. The smallest absolute Gasteiger partial charge is 0.273 e. The number of nitrogens with one attached hydrogen (secondary N) is 2. The Morgan fingerprint density at radius 3 is 2.60 bits per heavy atom. The molecule has 0 bridgehead atoms. The van der Waals surface area contributed by atoms with Gasteiger partial charge in [0.25, 0.3) is 11.1 Å². The van der Waals surface area contributed by atoms with Gasteiger partial charge < -0.3 is 5.32 Å². The molecule has 0 saturated carbocycles. The van der Waals surface area contributed by atoms with Crippen molar-refractivity contribution in [1.29, 1.82) is 0 Å². The quantitative estimate of drug-likeness (QED) is 0.857. The van der Waals surface area contributed by atoms with Gasteiger partial charge in [-0.1, -0.05) is 19.1 Å². The van der Waals surface area contributed by atoms with Gasteiger partial charge in [-0.15, -0.1) is 0 Å². The van der Waals surface area contributed by atoms with Crippen LogP contribution in [0.1, 0.15) is 20.3 Å². The highest BCUT2D eigenvalue weighted by Crippen LogP contribution is 2.02. The zero-order chi connectivity index (χ0) is 14.7. The van der Waals surface area contributed by atoms with E-state index in [-0.39, 0.29) is 29.6 Å². The summed E-state index contributed by atoms with van der Waals surface area (Å²) < 4.78 is 1.04. The number of aromatic amines is 1. The van der Waals surface area contributed by atoms with E-state index in [4.69, 9.17) is 0 Å².